The Balaban J connectivity index is 0.000001000. The molecule has 0 aliphatic heterocycles. The van der Waals surface area contributed by atoms with Gasteiger partial charge < -0.3 is 9.53 Å². The molecule has 0 N–H and O–H groups in total. The van der Waals surface area contributed by atoms with Crippen molar-refractivity contribution in [1.82, 2.24) is 0 Å². The van der Waals surface area contributed by atoms with E-state index in [9.17, 15) is 4.79 Å². The molecule has 0 aliphatic carbocycles. The second kappa shape index (κ2) is 5.01. The Morgan fingerprint density at radius 2 is 2.27 bits per heavy atom. The van der Waals surface area contributed by atoms with Crippen LogP contribution in [0.3, 0.4) is 0 Å². The molecule has 0 amide bonds. The van der Waals surface area contributed by atoms with Crippen molar-refractivity contribution in [3.8, 4) is 0 Å². The molecule has 52 valence electrons. The van der Waals surface area contributed by atoms with Crippen LogP contribution >= 0.6 is 0 Å². The summed E-state index contributed by atoms with van der Waals surface area (Å²) in [6.45, 7) is 0. The summed E-state index contributed by atoms with van der Waals surface area (Å²) in [4.78, 5) is 10.8. The fourth-order valence-corrected chi connectivity index (χ4v) is 0.630. The maximum Gasteiger partial charge on any atom is 1.00 e. The monoisotopic (exact) mass is 142 g/mol. The molecule has 0 radical (unpaired) electrons. The van der Waals surface area contributed by atoms with Crippen LogP contribution in [0.4, 0.5) is 0 Å². The van der Waals surface area contributed by atoms with Crippen LogP contribution in [0.1, 0.15) is 10.4 Å². The Labute approximate surface area is 77.7 Å². The summed E-state index contributed by atoms with van der Waals surface area (Å²) in [5.41, 5.74) is 0.463. The Bertz CT molecular complexity index is 221. The molecule has 0 atom stereocenters. The summed E-state index contributed by atoms with van der Waals surface area (Å²) < 4.78 is 4.47. The van der Waals surface area contributed by atoms with Crippen molar-refractivity contribution in [2.24, 2.45) is 0 Å². The molecule has 0 fully saturated rings. The number of hydrogen-bond donors (Lipinski definition) is 0. The number of carbonyl (C=O) groups is 1. The zero-order chi connectivity index (χ0) is 7.40. The number of carbonyl (C=O) groups excluding carboxylic acids is 1. The number of ether oxygens (including phenoxy) is 1. The van der Waals surface area contributed by atoms with Gasteiger partial charge in [-0.2, -0.15) is 0 Å². The van der Waals surface area contributed by atoms with Crippen LogP contribution in [0.5, 0.6) is 0 Å². The van der Waals surface area contributed by atoms with E-state index < -0.39 is 0 Å². The Morgan fingerprint density at radius 3 is 2.73 bits per heavy atom. The number of esters is 1. The van der Waals surface area contributed by atoms with Crippen LogP contribution in [0.25, 0.3) is 0 Å². The minimum Gasteiger partial charge on any atom is -0.509 e. The van der Waals surface area contributed by atoms with E-state index in [4.69, 9.17) is 0 Å². The van der Waals surface area contributed by atoms with Crippen molar-refractivity contribution in [3.05, 3.63) is 35.9 Å². The van der Waals surface area contributed by atoms with Gasteiger partial charge in [-0.3, -0.25) is 0 Å². The molecule has 0 saturated carbocycles. The van der Waals surface area contributed by atoms with Crippen LogP contribution in [-0.4, -0.2) is 13.1 Å². The van der Waals surface area contributed by atoms with E-state index in [1.807, 2.05) is 0 Å². The predicted molar refractivity (Wildman–Crippen MR) is 36.6 cm³/mol. The molecule has 0 heterocycles. The Morgan fingerprint density at radius 1 is 1.55 bits per heavy atom. The van der Waals surface area contributed by atoms with Gasteiger partial charge in [0.1, 0.15) is 0 Å². The second-order valence-electron chi connectivity index (χ2n) is 1.77. The smallest absolute Gasteiger partial charge is 0.509 e. The van der Waals surface area contributed by atoms with Crippen LogP contribution in [0.2, 0.25) is 0 Å². The molecular formula is C8H7LiO2. The van der Waals surface area contributed by atoms with E-state index in [0.29, 0.717) is 5.56 Å². The topological polar surface area (TPSA) is 26.3 Å². The third-order valence-electron chi connectivity index (χ3n) is 1.11. The van der Waals surface area contributed by atoms with E-state index in [-0.39, 0.29) is 24.8 Å². The van der Waals surface area contributed by atoms with Gasteiger partial charge in [0, 0.05) is 0 Å². The zero-order valence-corrected chi connectivity index (χ0v) is 6.63. The Hall–Kier alpha value is -0.713. The molecule has 3 heteroatoms. The van der Waals surface area contributed by atoms with Gasteiger partial charge in [-0.15, -0.1) is 30.3 Å². The second-order valence-corrected chi connectivity index (χ2v) is 1.77. The molecule has 0 bridgehead atoms. The van der Waals surface area contributed by atoms with Gasteiger partial charge in [0.15, 0.2) is 0 Å². The number of hydrogen-bond acceptors (Lipinski definition) is 2. The fraction of sp³-hybridized carbons (Fsp3) is 0.125. The number of rotatable bonds is 1. The third-order valence-corrected chi connectivity index (χ3v) is 1.11. The summed E-state index contributed by atoms with van der Waals surface area (Å²) in [6.07, 6.45) is 0. The van der Waals surface area contributed by atoms with Crippen molar-refractivity contribution in [1.29, 1.82) is 0 Å². The van der Waals surface area contributed by atoms with Crippen molar-refractivity contribution in [2.45, 2.75) is 0 Å². The minimum absolute atomic E-state index is 0. The Kier molecular flexibility index (Phi) is 4.68. The van der Waals surface area contributed by atoms with Crippen LogP contribution < -0.4 is 18.9 Å². The van der Waals surface area contributed by atoms with Crippen molar-refractivity contribution in [3.63, 3.8) is 0 Å². The van der Waals surface area contributed by atoms with Crippen molar-refractivity contribution in [2.75, 3.05) is 7.11 Å². The standard InChI is InChI=1S/C8H7O2.Li/c1-10-8(9)7-5-3-2-4-6-7;/h2-5H,1H3;/q-1;+1. The van der Waals surface area contributed by atoms with Gasteiger partial charge in [-0.25, -0.2) is 0 Å². The first-order chi connectivity index (χ1) is 4.84. The maximum atomic E-state index is 10.8. The molecular weight excluding hydrogens is 135 g/mol. The van der Waals surface area contributed by atoms with Gasteiger partial charge in [0.25, 0.3) is 0 Å². The van der Waals surface area contributed by atoms with E-state index in [1.165, 1.54) is 7.11 Å². The van der Waals surface area contributed by atoms with Crippen LogP contribution in [0.15, 0.2) is 24.3 Å². The maximum absolute atomic E-state index is 10.8. The average Bonchev–Trinajstić information content (AvgIpc) is 2.05. The number of benzene rings is 1. The van der Waals surface area contributed by atoms with Gasteiger partial charge >= 0.3 is 18.9 Å². The van der Waals surface area contributed by atoms with Gasteiger partial charge in [0.2, 0.25) is 5.97 Å². The van der Waals surface area contributed by atoms with Gasteiger partial charge in [0.05, 0.1) is 7.11 Å². The van der Waals surface area contributed by atoms with Crippen molar-refractivity contribution < 1.29 is 28.4 Å². The summed E-state index contributed by atoms with van der Waals surface area (Å²) in [5, 5.41) is 0. The van der Waals surface area contributed by atoms with E-state index in [2.05, 4.69) is 10.8 Å². The molecule has 11 heavy (non-hydrogen) atoms. The SMILES string of the molecule is COC(=O)c1[c-]cccc1.[Li+]. The first-order valence-electron chi connectivity index (χ1n) is 2.89. The van der Waals surface area contributed by atoms with E-state index in [1.54, 1.807) is 24.3 Å². The summed E-state index contributed by atoms with van der Waals surface area (Å²) in [7, 11) is 1.35. The summed E-state index contributed by atoms with van der Waals surface area (Å²) in [5.74, 6) is -0.347. The van der Waals surface area contributed by atoms with Gasteiger partial charge in [-0.1, -0.05) is 5.56 Å². The molecule has 0 spiro atoms. The average molecular weight is 142 g/mol. The fourth-order valence-electron chi connectivity index (χ4n) is 0.630. The van der Waals surface area contributed by atoms with E-state index >= 15 is 0 Å². The van der Waals surface area contributed by atoms with Crippen LogP contribution in [-0.2, 0) is 4.74 Å². The predicted octanol–water partition coefficient (Wildman–Crippen LogP) is -1.72. The van der Waals surface area contributed by atoms with Gasteiger partial charge in [-0.05, 0) is 0 Å². The first-order valence-corrected chi connectivity index (χ1v) is 2.89. The quantitative estimate of drug-likeness (QED) is 0.265. The molecule has 0 aromatic heterocycles. The number of methoxy groups -OCH3 is 1. The molecule has 1 aromatic rings. The third kappa shape index (κ3) is 2.79. The molecule has 0 saturated heterocycles. The molecule has 0 aliphatic rings. The summed E-state index contributed by atoms with van der Waals surface area (Å²) in [6, 6.07) is 9.64. The molecule has 2 nitrogen and oxygen atoms in total. The summed E-state index contributed by atoms with van der Waals surface area (Å²) >= 11 is 0. The molecule has 1 aromatic carbocycles. The largest absolute Gasteiger partial charge is 1.00 e. The zero-order valence-electron chi connectivity index (χ0n) is 6.63. The minimum atomic E-state index is -0.347. The normalized spacial score (nSPS) is 8.09. The molecule has 0 unspecified atom stereocenters. The van der Waals surface area contributed by atoms with Crippen molar-refractivity contribution >= 4 is 5.97 Å². The van der Waals surface area contributed by atoms with E-state index in [0.717, 1.165) is 0 Å². The molecule has 1 rings (SSSR count). The first kappa shape index (κ1) is 10.3. The van der Waals surface area contributed by atoms with Crippen LogP contribution in [0, 0.1) is 6.07 Å².